The third-order valence-corrected chi connectivity index (χ3v) is 5.15. The Balaban J connectivity index is 2.33. The zero-order valence-corrected chi connectivity index (χ0v) is 15.2. The molecule has 166 valence electrons. The van der Waals surface area contributed by atoms with Gasteiger partial charge in [-0.05, 0) is 39.7 Å². The highest BCUT2D eigenvalue weighted by molar-refractivity contribution is 5.04. The summed E-state index contributed by atoms with van der Waals surface area (Å²) >= 11 is 0. The molecule has 2 aliphatic rings. The Hall–Kier alpha value is -0.750. The van der Waals surface area contributed by atoms with Gasteiger partial charge in [0.1, 0.15) is 0 Å². The van der Waals surface area contributed by atoms with Crippen LogP contribution >= 0.6 is 0 Å². The minimum absolute atomic E-state index is 0.0236. The lowest BCUT2D eigenvalue weighted by atomic mass is 9.87. The van der Waals surface area contributed by atoms with Crippen molar-refractivity contribution < 1.29 is 49.0 Å². The molecule has 2 aliphatic heterocycles. The molecule has 0 amide bonds. The van der Waals surface area contributed by atoms with Gasteiger partial charge in [0, 0.05) is 18.5 Å². The van der Waals surface area contributed by atoms with Gasteiger partial charge in [-0.25, -0.2) is 0 Å². The largest absolute Gasteiger partial charge is 0.435 e. The molecule has 2 rings (SSSR count). The number of hydrogen-bond acceptors (Lipinski definition) is 3. The van der Waals surface area contributed by atoms with Gasteiger partial charge in [-0.3, -0.25) is 4.90 Å². The summed E-state index contributed by atoms with van der Waals surface area (Å²) in [4.78, 5) is 1.59. The van der Waals surface area contributed by atoms with Crippen LogP contribution in [-0.2, 0) is 9.47 Å². The second-order valence-electron chi connectivity index (χ2n) is 7.50. The van der Waals surface area contributed by atoms with Crippen molar-refractivity contribution in [3.8, 4) is 0 Å². The molecule has 0 aromatic rings. The Morgan fingerprint density at radius 1 is 0.929 bits per heavy atom. The van der Waals surface area contributed by atoms with Crippen LogP contribution in [0.2, 0.25) is 0 Å². The van der Waals surface area contributed by atoms with Crippen molar-refractivity contribution in [3.63, 3.8) is 0 Å². The summed E-state index contributed by atoms with van der Waals surface area (Å²) in [7, 11) is 0. The lowest BCUT2D eigenvalue weighted by Crippen LogP contribution is -2.69. The highest BCUT2D eigenvalue weighted by Gasteiger charge is 2.86. The molecule has 2 saturated heterocycles. The standard InChI is InChI=1S/C16H22F9NO2/c1-9(2)27-8-10-6-11(7-26-5-3-4-12(10)26)28-13(14(17,18)19,15(20,21)22)16(23,24)25/h9-12H,3-8H2,1-2H3/t10-,11+,12?/m0/s1. The maximum atomic E-state index is 13.1. The number of alkyl halides is 9. The molecule has 0 radical (unpaired) electrons. The molecule has 2 fully saturated rings. The average Bonchev–Trinajstić information content (AvgIpc) is 2.94. The van der Waals surface area contributed by atoms with E-state index in [0.717, 1.165) is 0 Å². The van der Waals surface area contributed by atoms with Crippen LogP contribution in [0.1, 0.15) is 33.1 Å². The second-order valence-corrected chi connectivity index (χ2v) is 7.50. The Labute approximate surface area is 156 Å². The van der Waals surface area contributed by atoms with E-state index in [1.807, 2.05) is 0 Å². The Morgan fingerprint density at radius 3 is 1.93 bits per heavy atom. The summed E-state index contributed by atoms with van der Waals surface area (Å²) in [5, 5.41) is 0. The fraction of sp³-hybridized carbons (Fsp3) is 1.00. The van der Waals surface area contributed by atoms with Crippen molar-refractivity contribution in [2.75, 3.05) is 19.7 Å². The molecule has 12 heteroatoms. The topological polar surface area (TPSA) is 21.7 Å². The van der Waals surface area contributed by atoms with Gasteiger partial charge in [0.25, 0.3) is 0 Å². The third kappa shape index (κ3) is 4.38. The Bertz CT molecular complexity index is 494. The minimum atomic E-state index is -6.71. The quantitative estimate of drug-likeness (QED) is 0.589. The Kier molecular flexibility index (Phi) is 6.57. The summed E-state index contributed by atoms with van der Waals surface area (Å²) in [6.45, 7) is 3.37. The number of ether oxygens (including phenoxy) is 2. The molecule has 0 aromatic heterocycles. The normalized spacial score (nSPS) is 28.1. The van der Waals surface area contributed by atoms with E-state index in [1.165, 1.54) is 0 Å². The number of rotatable bonds is 5. The highest BCUT2D eigenvalue weighted by atomic mass is 19.4. The van der Waals surface area contributed by atoms with Gasteiger partial charge in [0.05, 0.1) is 18.8 Å². The zero-order chi connectivity index (χ0) is 21.5. The maximum absolute atomic E-state index is 13.1. The van der Waals surface area contributed by atoms with Crippen LogP contribution in [0, 0.1) is 5.92 Å². The van der Waals surface area contributed by atoms with Gasteiger partial charge < -0.3 is 9.47 Å². The van der Waals surface area contributed by atoms with E-state index in [9.17, 15) is 39.5 Å². The predicted molar refractivity (Wildman–Crippen MR) is 79.6 cm³/mol. The van der Waals surface area contributed by atoms with E-state index in [0.29, 0.717) is 19.4 Å². The van der Waals surface area contributed by atoms with E-state index in [2.05, 4.69) is 4.74 Å². The number of fused-ring (bicyclic) bond motifs is 1. The Morgan fingerprint density at radius 2 is 1.46 bits per heavy atom. The van der Waals surface area contributed by atoms with Crippen molar-refractivity contribution >= 4 is 0 Å². The molecular formula is C16H22F9NO2. The van der Waals surface area contributed by atoms with Crippen molar-refractivity contribution in [2.45, 2.75) is 75.5 Å². The third-order valence-electron chi connectivity index (χ3n) is 5.15. The predicted octanol–water partition coefficient (Wildman–Crippen LogP) is 4.71. The molecule has 0 N–H and O–H groups in total. The molecule has 3 nitrogen and oxygen atoms in total. The van der Waals surface area contributed by atoms with Gasteiger partial charge in [-0.1, -0.05) is 0 Å². The summed E-state index contributed by atoms with van der Waals surface area (Å²) < 4.78 is 128. The summed E-state index contributed by atoms with van der Waals surface area (Å²) in [5.41, 5.74) is -6.23. The average molecular weight is 431 g/mol. The number of hydrogen-bond donors (Lipinski definition) is 0. The molecule has 28 heavy (non-hydrogen) atoms. The maximum Gasteiger partial charge on any atom is 0.435 e. The smallest absolute Gasteiger partial charge is 0.378 e. The van der Waals surface area contributed by atoms with Crippen molar-refractivity contribution in [1.82, 2.24) is 4.90 Å². The van der Waals surface area contributed by atoms with Crippen LogP contribution in [0.15, 0.2) is 0 Å². The van der Waals surface area contributed by atoms with Crippen LogP contribution in [-0.4, -0.2) is 67.0 Å². The molecular weight excluding hydrogens is 409 g/mol. The first-order valence-corrected chi connectivity index (χ1v) is 8.83. The molecule has 0 aliphatic carbocycles. The molecule has 0 saturated carbocycles. The lowest BCUT2D eigenvalue weighted by molar-refractivity contribution is -0.466. The first-order chi connectivity index (χ1) is 12.6. The monoisotopic (exact) mass is 431 g/mol. The van der Waals surface area contributed by atoms with Crippen molar-refractivity contribution in [1.29, 1.82) is 0 Å². The van der Waals surface area contributed by atoms with Crippen LogP contribution < -0.4 is 0 Å². The molecule has 0 bridgehead atoms. The van der Waals surface area contributed by atoms with Gasteiger partial charge in [0.15, 0.2) is 0 Å². The highest BCUT2D eigenvalue weighted by Crippen LogP contribution is 2.56. The first-order valence-electron chi connectivity index (χ1n) is 8.83. The van der Waals surface area contributed by atoms with Crippen molar-refractivity contribution in [2.24, 2.45) is 5.92 Å². The van der Waals surface area contributed by atoms with Gasteiger partial charge in [-0.2, -0.15) is 39.5 Å². The summed E-state index contributed by atoms with van der Waals surface area (Å²) in [6, 6.07) is -0.157. The molecule has 3 atom stereocenters. The second kappa shape index (κ2) is 7.82. The fourth-order valence-corrected chi connectivity index (χ4v) is 3.96. The zero-order valence-electron chi connectivity index (χ0n) is 15.2. The molecule has 0 aromatic carbocycles. The fourth-order valence-electron chi connectivity index (χ4n) is 3.96. The van der Waals surface area contributed by atoms with Crippen LogP contribution in [0.4, 0.5) is 39.5 Å². The summed E-state index contributed by atoms with van der Waals surface area (Å²) in [6.07, 6.45) is -21.3. The van der Waals surface area contributed by atoms with E-state index < -0.39 is 42.7 Å². The molecule has 2 heterocycles. The van der Waals surface area contributed by atoms with Gasteiger partial charge >= 0.3 is 24.1 Å². The number of nitrogens with zero attached hydrogens (tertiary/aromatic N) is 1. The van der Waals surface area contributed by atoms with Gasteiger partial charge in [-0.15, -0.1) is 0 Å². The van der Waals surface area contributed by atoms with Crippen LogP contribution in [0.5, 0.6) is 0 Å². The van der Waals surface area contributed by atoms with E-state index in [4.69, 9.17) is 4.74 Å². The van der Waals surface area contributed by atoms with Crippen molar-refractivity contribution in [3.05, 3.63) is 0 Å². The first kappa shape index (κ1) is 23.5. The minimum Gasteiger partial charge on any atom is -0.378 e. The van der Waals surface area contributed by atoms with Crippen LogP contribution in [0.25, 0.3) is 0 Å². The van der Waals surface area contributed by atoms with Gasteiger partial charge in [0.2, 0.25) is 0 Å². The van der Waals surface area contributed by atoms with E-state index >= 15 is 0 Å². The number of piperidine rings is 1. The van der Waals surface area contributed by atoms with E-state index in [1.54, 1.807) is 18.7 Å². The lowest BCUT2D eigenvalue weighted by Gasteiger charge is -2.46. The van der Waals surface area contributed by atoms with E-state index in [-0.39, 0.29) is 25.2 Å². The number of halogens is 9. The summed E-state index contributed by atoms with van der Waals surface area (Å²) in [5.74, 6) is -0.518. The van der Waals surface area contributed by atoms with Crippen LogP contribution in [0.3, 0.4) is 0 Å². The SMILES string of the molecule is CC(C)OC[C@@H]1C[C@@H](OC(C(F)(F)F)(C(F)(F)F)C(F)(F)F)CN2CCCC12. The molecule has 1 unspecified atom stereocenters. The molecule has 0 spiro atoms.